The zero-order valence-corrected chi connectivity index (χ0v) is 19.6. The number of ether oxygens (including phenoxy) is 2. The lowest BCUT2D eigenvalue weighted by atomic mass is 10.1. The van der Waals surface area contributed by atoms with Gasteiger partial charge in [-0.1, -0.05) is 30.3 Å². The van der Waals surface area contributed by atoms with Gasteiger partial charge in [0.1, 0.15) is 17.0 Å². The van der Waals surface area contributed by atoms with Gasteiger partial charge in [0, 0.05) is 23.3 Å². The number of fused-ring (bicyclic) bond motifs is 3. The molecule has 1 N–H and O–H groups in total. The Morgan fingerprint density at radius 1 is 1.00 bits per heavy atom. The molecule has 0 fully saturated rings. The van der Waals surface area contributed by atoms with Gasteiger partial charge in [0.25, 0.3) is 11.5 Å². The van der Waals surface area contributed by atoms with Crippen LogP contribution >= 0.6 is 0 Å². The summed E-state index contributed by atoms with van der Waals surface area (Å²) in [6.07, 6.45) is 0. The molecule has 176 valence electrons. The van der Waals surface area contributed by atoms with Gasteiger partial charge in [-0.3, -0.25) is 9.59 Å². The summed E-state index contributed by atoms with van der Waals surface area (Å²) in [6, 6.07) is 21.7. The van der Waals surface area contributed by atoms with Crippen molar-refractivity contribution >= 4 is 33.4 Å². The van der Waals surface area contributed by atoms with Crippen molar-refractivity contribution in [2.45, 2.75) is 6.92 Å². The molecule has 8 nitrogen and oxygen atoms in total. The summed E-state index contributed by atoms with van der Waals surface area (Å²) in [5, 5.41) is 8.76. The number of aromatic nitrogens is 3. The SMILES string of the molecule is CCOc1ccccc1NC(=O)c1nn(-c2ccc(OC)cc2)c(=O)c2c1c1ccccc1n2C. The highest BCUT2D eigenvalue weighted by atomic mass is 16.5. The topological polar surface area (TPSA) is 87.4 Å². The lowest BCUT2D eigenvalue weighted by molar-refractivity contribution is 0.102. The van der Waals surface area contributed by atoms with Crippen LogP contribution in [0.4, 0.5) is 5.69 Å². The third-order valence-electron chi connectivity index (χ3n) is 5.91. The van der Waals surface area contributed by atoms with E-state index in [0.717, 1.165) is 10.9 Å². The summed E-state index contributed by atoms with van der Waals surface area (Å²) in [4.78, 5) is 27.3. The van der Waals surface area contributed by atoms with E-state index in [1.165, 1.54) is 4.68 Å². The molecule has 0 radical (unpaired) electrons. The maximum Gasteiger partial charge on any atom is 0.296 e. The van der Waals surface area contributed by atoms with Gasteiger partial charge >= 0.3 is 0 Å². The maximum atomic E-state index is 13.7. The molecule has 1 amide bonds. The largest absolute Gasteiger partial charge is 0.497 e. The summed E-state index contributed by atoms with van der Waals surface area (Å²) in [5.74, 6) is 0.764. The number of hydrogen-bond donors (Lipinski definition) is 1. The molecule has 35 heavy (non-hydrogen) atoms. The molecule has 0 bridgehead atoms. The first-order chi connectivity index (χ1) is 17.0. The van der Waals surface area contributed by atoms with Crippen LogP contribution in [0.25, 0.3) is 27.5 Å². The molecule has 8 heteroatoms. The minimum Gasteiger partial charge on any atom is -0.497 e. The molecular weight excluding hydrogens is 444 g/mol. The Morgan fingerprint density at radius 2 is 1.71 bits per heavy atom. The van der Waals surface area contributed by atoms with Crippen molar-refractivity contribution in [3.05, 3.63) is 88.8 Å². The van der Waals surface area contributed by atoms with Crippen molar-refractivity contribution in [3.63, 3.8) is 0 Å². The van der Waals surface area contributed by atoms with E-state index < -0.39 is 5.91 Å². The van der Waals surface area contributed by atoms with Crippen LogP contribution in [-0.2, 0) is 7.05 Å². The van der Waals surface area contributed by atoms with Crippen LogP contribution in [0.2, 0.25) is 0 Å². The van der Waals surface area contributed by atoms with E-state index in [9.17, 15) is 9.59 Å². The van der Waals surface area contributed by atoms with E-state index >= 15 is 0 Å². The number of benzene rings is 3. The number of amides is 1. The van der Waals surface area contributed by atoms with E-state index in [1.807, 2.05) is 50.4 Å². The quantitative estimate of drug-likeness (QED) is 0.395. The minimum absolute atomic E-state index is 0.138. The Bertz CT molecular complexity index is 1620. The molecule has 0 aliphatic heterocycles. The molecule has 3 aromatic carbocycles. The van der Waals surface area contributed by atoms with Gasteiger partial charge in [-0.05, 0) is 49.4 Å². The number of carbonyl (C=O) groups is 1. The van der Waals surface area contributed by atoms with Crippen molar-refractivity contribution in [1.29, 1.82) is 0 Å². The number of hydrogen-bond acceptors (Lipinski definition) is 5. The summed E-state index contributed by atoms with van der Waals surface area (Å²) in [5.41, 5.74) is 2.08. The van der Waals surface area contributed by atoms with Crippen molar-refractivity contribution in [2.75, 3.05) is 19.0 Å². The Labute approximate surface area is 201 Å². The molecule has 2 aromatic heterocycles. The molecule has 5 rings (SSSR count). The Balaban J connectivity index is 1.75. The van der Waals surface area contributed by atoms with E-state index in [-0.39, 0.29) is 11.3 Å². The zero-order valence-electron chi connectivity index (χ0n) is 19.6. The van der Waals surface area contributed by atoms with Crippen molar-refractivity contribution in [1.82, 2.24) is 14.3 Å². The Morgan fingerprint density at radius 3 is 2.46 bits per heavy atom. The third kappa shape index (κ3) is 3.78. The first-order valence-corrected chi connectivity index (χ1v) is 11.2. The first-order valence-electron chi connectivity index (χ1n) is 11.2. The number of para-hydroxylation sites is 3. The van der Waals surface area contributed by atoms with Gasteiger partial charge in [-0.2, -0.15) is 9.78 Å². The highest BCUT2D eigenvalue weighted by Crippen LogP contribution is 2.30. The van der Waals surface area contributed by atoms with Crippen molar-refractivity contribution < 1.29 is 14.3 Å². The van der Waals surface area contributed by atoms with Gasteiger partial charge in [0.15, 0.2) is 5.69 Å². The second-order valence-electron chi connectivity index (χ2n) is 7.95. The van der Waals surface area contributed by atoms with E-state index in [1.54, 1.807) is 48.1 Å². The summed E-state index contributed by atoms with van der Waals surface area (Å²) in [6.45, 7) is 2.34. The fourth-order valence-electron chi connectivity index (χ4n) is 4.27. The van der Waals surface area contributed by atoms with Crippen molar-refractivity contribution in [3.8, 4) is 17.2 Å². The summed E-state index contributed by atoms with van der Waals surface area (Å²) < 4.78 is 14.0. The van der Waals surface area contributed by atoms with Crippen molar-refractivity contribution in [2.24, 2.45) is 7.05 Å². The molecule has 0 spiro atoms. The predicted octanol–water partition coefficient (Wildman–Crippen LogP) is 4.54. The van der Waals surface area contributed by atoms with Gasteiger partial charge < -0.3 is 19.4 Å². The average Bonchev–Trinajstić information content (AvgIpc) is 3.19. The number of carbonyl (C=O) groups excluding carboxylic acids is 1. The molecule has 0 aliphatic rings. The average molecular weight is 469 g/mol. The molecule has 5 aromatic rings. The lowest BCUT2D eigenvalue weighted by Crippen LogP contribution is -2.27. The number of methoxy groups -OCH3 is 1. The summed E-state index contributed by atoms with van der Waals surface area (Å²) >= 11 is 0. The number of nitrogens with one attached hydrogen (secondary N) is 1. The molecular formula is C27H24N4O4. The highest BCUT2D eigenvalue weighted by molar-refractivity contribution is 6.19. The first kappa shape index (κ1) is 22.2. The van der Waals surface area contributed by atoms with Gasteiger partial charge in [-0.25, -0.2) is 0 Å². The second kappa shape index (κ2) is 8.98. The fraction of sp³-hybridized carbons (Fsp3) is 0.148. The number of nitrogens with zero attached hydrogens (tertiary/aromatic N) is 3. The number of aryl methyl sites for hydroxylation is 1. The lowest BCUT2D eigenvalue weighted by Gasteiger charge is -2.13. The monoisotopic (exact) mass is 468 g/mol. The minimum atomic E-state index is -0.444. The van der Waals surface area contributed by atoms with Crippen LogP contribution in [0.3, 0.4) is 0 Å². The highest BCUT2D eigenvalue weighted by Gasteiger charge is 2.24. The maximum absolute atomic E-state index is 13.7. The normalized spacial score (nSPS) is 11.1. The standard InChI is InChI=1S/C27H24N4O4/c1-4-35-22-12-8-6-10-20(22)28-26(32)24-23-19-9-5-7-11-21(19)30(2)25(23)27(33)31(29-24)17-13-15-18(34-3)16-14-17/h5-16H,4H2,1-3H3,(H,28,32). The van der Waals surface area contributed by atoms with Crippen LogP contribution in [0.5, 0.6) is 11.5 Å². The second-order valence-corrected chi connectivity index (χ2v) is 7.95. The molecule has 2 heterocycles. The molecule has 0 unspecified atom stereocenters. The predicted molar refractivity (Wildman–Crippen MR) is 136 cm³/mol. The van der Waals surface area contributed by atoms with Crippen LogP contribution in [-0.4, -0.2) is 34.0 Å². The van der Waals surface area contributed by atoms with Gasteiger partial charge in [0.05, 0.1) is 25.1 Å². The Kier molecular flexibility index (Phi) is 5.70. The molecule has 0 saturated carbocycles. The van der Waals surface area contributed by atoms with Crippen LogP contribution in [0.15, 0.2) is 77.6 Å². The van der Waals surface area contributed by atoms with Gasteiger partial charge in [-0.15, -0.1) is 0 Å². The Hall–Kier alpha value is -4.59. The van der Waals surface area contributed by atoms with E-state index in [0.29, 0.717) is 40.4 Å². The van der Waals surface area contributed by atoms with Crippen LogP contribution < -0.4 is 20.3 Å². The smallest absolute Gasteiger partial charge is 0.296 e. The molecule has 0 aliphatic carbocycles. The van der Waals surface area contributed by atoms with E-state index in [2.05, 4.69) is 10.4 Å². The van der Waals surface area contributed by atoms with Gasteiger partial charge in [0.2, 0.25) is 0 Å². The number of rotatable bonds is 6. The van der Waals surface area contributed by atoms with E-state index in [4.69, 9.17) is 9.47 Å². The zero-order chi connectivity index (χ0) is 24.5. The number of anilines is 1. The van der Waals surface area contributed by atoms with Crippen LogP contribution in [0.1, 0.15) is 17.4 Å². The van der Waals surface area contributed by atoms with Crippen LogP contribution in [0, 0.1) is 0 Å². The summed E-state index contributed by atoms with van der Waals surface area (Å²) in [7, 11) is 3.39. The molecule has 0 atom stereocenters. The molecule has 0 saturated heterocycles. The third-order valence-corrected chi connectivity index (χ3v) is 5.91. The fourth-order valence-corrected chi connectivity index (χ4v) is 4.27.